The Hall–Kier alpha value is -2.29. The molecule has 0 aliphatic heterocycles. The van der Waals surface area contributed by atoms with E-state index in [-0.39, 0.29) is 5.82 Å². The van der Waals surface area contributed by atoms with Crippen molar-refractivity contribution in [2.24, 2.45) is 0 Å². The van der Waals surface area contributed by atoms with Crippen LogP contribution in [0.5, 0.6) is 5.75 Å². The van der Waals surface area contributed by atoms with Gasteiger partial charge in [0, 0.05) is 17.1 Å². The van der Waals surface area contributed by atoms with Gasteiger partial charge in [-0.05, 0) is 35.9 Å². The molecule has 1 aromatic heterocycles. The Morgan fingerprint density at radius 3 is 2.65 bits per heavy atom. The highest BCUT2D eigenvalue weighted by atomic mass is 19.1. The van der Waals surface area contributed by atoms with E-state index < -0.39 is 0 Å². The topological polar surface area (TPSA) is 25.0 Å². The predicted octanol–water partition coefficient (Wildman–Crippen LogP) is 4.91. The normalized spacial score (nSPS) is 9.95. The van der Waals surface area contributed by atoms with Gasteiger partial charge in [-0.1, -0.05) is 32.0 Å². The number of H-pyrrole nitrogens is 1. The zero-order valence-electron chi connectivity index (χ0n) is 11.7. The third kappa shape index (κ3) is 3.18. The van der Waals surface area contributed by atoms with Gasteiger partial charge in [-0.25, -0.2) is 4.39 Å². The summed E-state index contributed by atoms with van der Waals surface area (Å²) in [5, 5.41) is 1.04. The molecule has 3 heteroatoms. The summed E-state index contributed by atoms with van der Waals surface area (Å²) in [5.74, 6) is 0.564. The molecule has 0 aliphatic rings. The van der Waals surface area contributed by atoms with Crippen molar-refractivity contribution in [1.29, 1.82) is 0 Å². The first kappa shape index (κ1) is 14.1. The average Bonchev–Trinajstić information content (AvgIpc) is 2.96. The van der Waals surface area contributed by atoms with Gasteiger partial charge in [0.25, 0.3) is 0 Å². The van der Waals surface area contributed by atoms with E-state index in [0.717, 1.165) is 22.2 Å². The highest BCUT2D eigenvalue weighted by Crippen LogP contribution is 2.25. The van der Waals surface area contributed by atoms with Crippen LogP contribution in [-0.4, -0.2) is 4.98 Å². The molecule has 0 bridgehead atoms. The van der Waals surface area contributed by atoms with Crippen molar-refractivity contribution in [3.8, 4) is 5.75 Å². The maximum atomic E-state index is 13.0. The third-order valence-electron chi connectivity index (χ3n) is 2.84. The number of aromatic nitrogens is 1. The Morgan fingerprint density at radius 2 is 1.85 bits per heavy atom. The molecule has 0 amide bonds. The molecule has 0 unspecified atom stereocenters. The minimum absolute atomic E-state index is 0.240. The van der Waals surface area contributed by atoms with Crippen molar-refractivity contribution < 1.29 is 9.13 Å². The standard InChI is InChI=1S/C15H12FNO.C2H6/c16-12-4-1-3-11(9-12)10-18-15-6-2-5-14-13(15)7-8-17-14;1-2/h1-9,17H,10H2;1-2H3. The molecule has 104 valence electrons. The molecule has 0 atom stereocenters. The number of rotatable bonds is 3. The van der Waals surface area contributed by atoms with Gasteiger partial charge in [0.1, 0.15) is 18.2 Å². The summed E-state index contributed by atoms with van der Waals surface area (Å²) in [7, 11) is 0. The summed E-state index contributed by atoms with van der Waals surface area (Å²) >= 11 is 0. The number of fused-ring (bicyclic) bond motifs is 1. The van der Waals surface area contributed by atoms with Gasteiger partial charge in [-0.3, -0.25) is 0 Å². The lowest BCUT2D eigenvalue weighted by atomic mass is 10.2. The van der Waals surface area contributed by atoms with Gasteiger partial charge >= 0.3 is 0 Å². The first-order valence-corrected chi connectivity index (χ1v) is 6.76. The Balaban J connectivity index is 0.000000704. The monoisotopic (exact) mass is 271 g/mol. The van der Waals surface area contributed by atoms with Crippen molar-refractivity contribution in [3.63, 3.8) is 0 Å². The van der Waals surface area contributed by atoms with E-state index in [1.807, 2.05) is 50.4 Å². The minimum Gasteiger partial charge on any atom is -0.488 e. The number of nitrogens with one attached hydrogen (secondary N) is 1. The van der Waals surface area contributed by atoms with Crippen molar-refractivity contribution in [2.45, 2.75) is 20.5 Å². The summed E-state index contributed by atoms with van der Waals surface area (Å²) in [5.41, 5.74) is 1.86. The van der Waals surface area contributed by atoms with Gasteiger partial charge in [0.15, 0.2) is 0 Å². The number of hydrogen-bond donors (Lipinski definition) is 1. The molecular formula is C17H18FNO. The minimum atomic E-state index is -0.240. The maximum absolute atomic E-state index is 13.0. The van der Waals surface area contributed by atoms with Crippen molar-refractivity contribution >= 4 is 10.9 Å². The van der Waals surface area contributed by atoms with Crippen molar-refractivity contribution in [3.05, 3.63) is 66.1 Å². The van der Waals surface area contributed by atoms with Crippen LogP contribution in [0.3, 0.4) is 0 Å². The third-order valence-corrected chi connectivity index (χ3v) is 2.84. The van der Waals surface area contributed by atoms with Crippen LogP contribution >= 0.6 is 0 Å². The number of hydrogen-bond acceptors (Lipinski definition) is 1. The van der Waals surface area contributed by atoms with E-state index in [1.165, 1.54) is 12.1 Å². The quantitative estimate of drug-likeness (QED) is 0.719. The predicted molar refractivity (Wildman–Crippen MR) is 80.4 cm³/mol. The fourth-order valence-corrected chi connectivity index (χ4v) is 1.97. The van der Waals surface area contributed by atoms with Gasteiger partial charge in [0.2, 0.25) is 0 Å². The summed E-state index contributed by atoms with van der Waals surface area (Å²) in [4.78, 5) is 3.13. The number of ether oxygens (including phenoxy) is 1. The van der Waals surface area contributed by atoms with E-state index in [9.17, 15) is 4.39 Å². The lowest BCUT2D eigenvalue weighted by Gasteiger charge is -2.07. The SMILES string of the molecule is CC.Fc1cccc(COc2cccc3[nH]ccc23)c1. The van der Waals surface area contributed by atoms with E-state index in [1.54, 1.807) is 6.07 Å². The number of benzene rings is 2. The molecule has 3 aromatic rings. The zero-order valence-corrected chi connectivity index (χ0v) is 11.7. The lowest BCUT2D eigenvalue weighted by molar-refractivity contribution is 0.309. The first-order chi connectivity index (χ1) is 9.83. The zero-order chi connectivity index (χ0) is 14.4. The Kier molecular flexibility index (Phi) is 4.77. The summed E-state index contributed by atoms with van der Waals surface area (Å²) in [6, 6.07) is 14.2. The van der Waals surface area contributed by atoms with Crippen LogP contribution in [-0.2, 0) is 6.61 Å². The van der Waals surface area contributed by atoms with Gasteiger partial charge in [-0.15, -0.1) is 0 Å². The second-order valence-electron chi connectivity index (χ2n) is 4.11. The van der Waals surface area contributed by atoms with E-state index >= 15 is 0 Å². The van der Waals surface area contributed by atoms with Crippen molar-refractivity contribution in [1.82, 2.24) is 4.98 Å². The van der Waals surface area contributed by atoms with Crippen LogP contribution < -0.4 is 4.74 Å². The Labute approximate surface area is 118 Å². The molecule has 0 saturated carbocycles. The van der Waals surface area contributed by atoms with E-state index in [4.69, 9.17) is 4.74 Å². The van der Waals surface area contributed by atoms with Crippen LogP contribution in [0.25, 0.3) is 10.9 Å². The highest BCUT2D eigenvalue weighted by Gasteiger charge is 2.03. The van der Waals surface area contributed by atoms with Crippen molar-refractivity contribution in [2.75, 3.05) is 0 Å². The molecule has 0 spiro atoms. The molecule has 2 aromatic carbocycles. The highest BCUT2D eigenvalue weighted by molar-refractivity contribution is 5.85. The molecular weight excluding hydrogens is 253 g/mol. The van der Waals surface area contributed by atoms with Crippen LogP contribution in [0.2, 0.25) is 0 Å². The largest absolute Gasteiger partial charge is 0.488 e. The fourth-order valence-electron chi connectivity index (χ4n) is 1.97. The molecule has 1 heterocycles. The van der Waals surface area contributed by atoms with Gasteiger partial charge in [-0.2, -0.15) is 0 Å². The molecule has 0 fully saturated rings. The van der Waals surface area contributed by atoms with Gasteiger partial charge in [0.05, 0.1) is 0 Å². The molecule has 2 nitrogen and oxygen atoms in total. The number of aromatic amines is 1. The summed E-state index contributed by atoms with van der Waals surface area (Å²) in [6.07, 6.45) is 1.87. The molecule has 20 heavy (non-hydrogen) atoms. The second kappa shape index (κ2) is 6.75. The average molecular weight is 271 g/mol. The molecule has 3 rings (SSSR count). The Bertz CT molecular complexity index is 675. The van der Waals surface area contributed by atoms with Crippen LogP contribution in [0.15, 0.2) is 54.7 Å². The molecule has 1 N–H and O–H groups in total. The Morgan fingerprint density at radius 1 is 1.05 bits per heavy atom. The van der Waals surface area contributed by atoms with Crippen LogP contribution in [0.4, 0.5) is 4.39 Å². The first-order valence-electron chi connectivity index (χ1n) is 6.76. The van der Waals surface area contributed by atoms with Crippen LogP contribution in [0.1, 0.15) is 19.4 Å². The fraction of sp³-hybridized carbons (Fsp3) is 0.176. The lowest BCUT2D eigenvalue weighted by Crippen LogP contribution is -1.96. The summed E-state index contributed by atoms with van der Waals surface area (Å²) in [6.45, 7) is 4.36. The maximum Gasteiger partial charge on any atom is 0.129 e. The van der Waals surface area contributed by atoms with E-state index in [0.29, 0.717) is 6.61 Å². The molecule has 0 aliphatic carbocycles. The smallest absolute Gasteiger partial charge is 0.129 e. The van der Waals surface area contributed by atoms with Crippen LogP contribution in [0, 0.1) is 5.82 Å². The molecule has 0 saturated heterocycles. The summed E-state index contributed by atoms with van der Waals surface area (Å²) < 4.78 is 18.8. The van der Waals surface area contributed by atoms with Gasteiger partial charge < -0.3 is 9.72 Å². The van der Waals surface area contributed by atoms with E-state index in [2.05, 4.69) is 4.98 Å². The number of halogens is 1. The second-order valence-corrected chi connectivity index (χ2v) is 4.11. The molecule has 0 radical (unpaired) electrons.